The second-order valence-corrected chi connectivity index (χ2v) is 7.03. The fourth-order valence-corrected chi connectivity index (χ4v) is 3.33. The first-order chi connectivity index (χ1) is 14.7. The van der Waals surface area contributed by atoms with Gasteiger partial charge in [0.1, 0.15) is 12.4 Å². The molecule has 3 heterocycles. The number of carbonyl (C=O) groups is 1. The number of benzene rings is 2. The number of aromatic nitrogens is 4. The number of nitrogens with one attached hydrogen (secondary N) is 4. The second kappa shape index (κ2) is 7.70. The molecule has 1 atom stereocenters. The average molecular weight is 401 g/mol. The van der Waals surface area contributed by atoms with E-state index in [1.54, 1.807) is 12.4 Å². The summed E-state index contributed by atoms with van der Waals surface area (Å²) in [5.41, 5.74) is 3.85. The predicted octanol–water partition coefficient (Wildman–Crippen LogP) is 3.49. The zero-order valence-corrected chi connectivity index (χ0v) is 15.9. The van der Waals surface area contributed by atoms with Crippen molar-refractivity contribution >= 4 is 40.1 Å². The summed E-state index contributed by atoms with van der Waals surface area (Å²) in [6.45, 7) is 0.403. The number of alkyl carbamates (subject to hydrolysis) is 1. The summed E-state index contributed by atoms with van der Waals surface area (Å²) in [6, 6.07) is 15.7. The number of hydrogen-bond donors (Lipinski definition) is 4. The molecule has 4 aromatic rings. The Hall–Kier alpha value is -4.14. The van der Waals surface area contributed by atoms with E-state index in [2.05, 4.69) is 36.1 Å². The number of cyclic esters (lactones) is 1. The van der Waals surface area contributed by atoms with Crippen LogP contribution in [0.15, 0.2) is 60.9 Å². The Kier molecular flexibility index (Phi) is 4.60. The molecule has 1 aliphatic rings. The van der Waals surface area contributed by atoms with E-state index in [-0.39, 0.29) is 12.1 Å². The fourth-order valence-electron chi connectivity index (χ4n) is 3.33. The zero-order chi connectivity index (χ0) is 20.3. The number of anilines is 4. The van der Waals surface area contributed by atoms with Crippen molar-refractivity contribution in [3.63, 3.8) is 0 Å². The van der Waals surface area contributed by atoms with Crippen molar-refractivity contribution in [1.29, 1.82) is 0 Å². The molecular formula is C21H19N7O2. The van der Waals surface area contributed by atoms with E-state index in [0.29, 0.717) is 18.4 Å². The van der Waals surface area contributed by atoms with Crippen molar-refractivity contribution in [3.05, 3.63) is 66.5 Å². The number of amides is 1. The SMILES string of the molecule is O=C1NC(Cc2ccc(Nc3nccc(Nc4ccc5cn[nH]c5c4)n3)cc2)CO1. The highest BCUT2D eigenvalue weighted by Crippen LogP contribution is 2.21. The summed E-state index contributed by atoms with van der Waals surface area (Å²) in [6.07, 6.45) is 3.86. The number of rotatable bonds is 6. The van der Waals surface area contributed by atoms with Gasteiger partial charge in [0.15, 0.2) is 0 Å². The van der Waals surface area contributed by atoms with Crippen LogP contribution in [0, 0.1) is 0 Å². The van der Waals surface area contributed by atoms with E-state index in [4.69, 9.17) is 4.74 Å². The Morgan fingerprint density at radius 1 is 1.07 bits per heavy atom. The van der Waals surface area contributed by atoms with Gasteiger partial charge in [0.05, 0.1) is 17.8 Å². The van der Waals surface area contributed by atoms with E-state index in [0.717, 1.165) is 34.3 Å². The highest BCUT2D eigenvalue weighted by Gasteiger charge is 2.22. The predicted molar refractivity (Wildman–Crippen MR) is 113 cm³/mol. The smallest absolute Gasteiger partial charge is 0.407 e. The summed E-state index contributed by atoms with van der Waals surface area (Å²) in [5, 5.41) is 17.3. The summed E-state index contributed by atoms with van der Waals surface area (Å²) in [5.74, 6) is 1.17. The lowest BCUT2D eigenvalue weighted by Crippen LogP contribution is -2.28. The van der Waals surface area contributed by atoms with Gasteiger partial charge < -0.3 is 20.7 Å². The van der Waals surface area contributed by atoms with Crippen LogP contribution in [-0.4, -0.2) is 38.9 Å². The highest BCUT2D eigenvalue weighted by atomic mass is 16.6. The summed E-state index contributed by atoms with van der Waals surface area (Å²) in [4.78, 5) is 19.9. The van der Waals surface area contributed by atoms with Crippen LogP contribution in [0.2, 0.25) is 0 Å². The Balaban J connectivity index is 1.24. The van der Waals surface area contributed by atoms with Crippen molar-refractivity contribution < 1.29 is 9.53 Å². The number of nitrogens with zero attached hydrogens (tertiary/aromatic N) is 3. The Labute approximate surface area is 171 Å². The monoisotopic (exact) mass is 401 g/mol. The molecule has 1 amide bonds. The molecule has 2 aromatic carbocycles. The molecule has 1 fully saturated rings. The van der Waals surface area contributed by atoms with Crippen LogP contribution in [-0.2, 0) is 11.2 Å². The first-order valence-electron chi connectivity index (χ1n) is 9.54. The maximum absolute atomic E-state index is 11.1. The number of hydrogen-bond acceptors (Lipinski definition) is 7. The van der Waals surface area contributed by atoms with Crippen LogP contribution in [0.3, 0.4) is 0 Å². The largest absolute Gasteiger partial charge is 0.447 e. The minimum Gasteiger partial charge on any atom is -0.447 e. The van der Waals surface area contributed by atoms with Crippen molar-refractivity contribution in [2.75, 3.05) is 17.2 Å². The molecule has 2 aromatic heterocycles. The highest BCUT2D eigenvalue weighted by molar-refractivity contribution is 5.82. The first kappa shape index (κ1) is 17.9. The molecule has 0 bridgehead atoms. The van der Waals surface area contributed by atoms with Crippen LogP contribution >= 0.6 is 0 Å². The topological polar surface area (TPSA) is 117 Å². The summed E-state index contributed by atoms with van der Waals surface area (Å²) >= 11 is 0. The molecule has 9 heteroatoms. The van der Waals surface area contributed by atoms with Gasteiger partial charge in [0, 0.05) is 23.0 Å². The maximum Gasteiger partial charge on any atom is 0.407 e. The number of aromatic amines is 1. The molecule has 4 N–H and O–H groups in total. The third-order valence-corrected chi connectivity index (χ3v) is 4.80. The van der Waals surface area contributed by atoms with E-state index in [1.165, 1.54) is 0 Å². The standard InChI is InChI=1S/C21H19N7O2/c29-21-26-17(12-30-21)9-13-1-4-15(5-2-13)25-20-22-8-7-19(27-20)24-16-6-3-14-11-23-28-18(14)10-16/h1-8,10-11,17H,9,12H2,(H,23,28)(H,26,29)(H2,22,24,25,27). The Morgan fingerprint density at radius 2 is 1.93 bits per heavy atom. The molecule has 0 radical (unpaired) electrons. The maximum atomic E-state index is 11.1. The minimum atomic E-state index is -0.353. The molecule has 5 rings (SSSR count). The van der Waals surface area contributed by atoms with Gasteiger partial charge in [-0.25, -0.2) is 9.78 Å². The molecule has 9 nitrogen and oxygen atoms in total. The lowest BCUT2D eigenvalue weighted by molar-refractivity contribution is 0.177. The molecule has 0 aliphatic carbocycles. The second-order valence-electron chi connectivity index (χ2n) is 7.03. The van der Waals surface area contributed by atoms with Gasteiger partial charge in [0.25, 0.3) is 0 Å². The van der Waals surface area contributed by atoms with E-state index in [1.807, 2.05) is 48.5 Å². The first-order valence-corrected chi connectivity index (χ1v) is 9.54. The van der Waals surface area contributed by atoms with Gasteiger partial charge in [-0.2, -0.15) is 10.1 Å². The summed E-state index contributed by atoms with van der Waals surface area (Å²) < 4.78 is 4.92. The quantitative estimate of drug-likeness (QED) is 0.391. The molecule has 1 unspecified atom stereocenters. The van der Waals surface area contributed by atoms with Crippen LogP contribution < -0.4 is 16.0 Å². The van der Waals surface area contributed by atoms with Gasteiger partial charge in [0.2, 0.25) is 5.95 Å². The third kappa shape index (κ3) is 4.00. The molecular weight excluding hydrogens is 382 g/mol. The number of H-pyrrole nitrogens is 1. The van der Waals surface area contributed by atoms with Crippen molar-refractivity contribution in [3.8, 4) is 0 Å². The lowest BCUT2D eigenvalue weighted by Gasteiger charge is -2.10. The Bertz CT molecular complexity index is 1190. The van der Waals surface area contributed by atoms with Gasteiger partial charge in [-0.05, 0) is 48.4 Å². The van der Waals surface area contributed by atoms with Crippen molar-refractivity contribution in [2.24, 2.45) is 0 Å². The number of ether oxygens (including phenoxy) is 1. The molecule has 0 spiro atoms. The van der Waals surface area contributed by atoms with E-state index < -0.39 is 0 Å². The van der Waals surface area contributed by atoms with Crippen molar-refractivity contribution in [2.45, 2.75) is 12.5 Å². The van der Waals surface area contributed by atoms with E-state index in [9.17, 15) is 4.79 Å². The molecule has 1 saturated heterocycles. The van der Waals surface area contributed by atoms with Crippen LogP contribution in [0.1, 0.15) is 5.56 Å². The molecule has 150 valence electrons. The van der Waals surface area contributed by atoms with Crippen LogP contribution in [0.25, 0.3) is 10.9 Å². The summed E-state index contributed by atoms with van der Waals surface area (Å²) in [7, 11) is 0. The average Bonchev–Trinajstić information content (AvgIpc) is 3.38. The van der Waals surface area contributed by atoms with Gasteiger partial charge >= 0.3 is 6.09 Å². The van der Waals surface area contributed by atoms with Gasteiger partial charge in [-0.3, -0.25) is 5.10 Å². The van der Waals surface area contributed by atoms with Crippen LogP contribution in [0.5, 0.6) is 0 Å². The third-order valence-electron chi connectivity index (χ3n) is 4.80. The minimum absolute atomic E-state index is 0.0170. The fraction of sp³-hybridized carbons (Fsp3) is 0.143. The number of fused-ring (bicyclic) bond motifs is 1. The number of carbonyl (C=O) groups excluding carboxylic acids is 1. The van der Waals surface area contributed by atoms with Crippen molar-refractivity contribution in [1.82, 2.24) is 25.5 Å². The van der Waals surface area contributed by atoms with Gasteiger partial charge in [-0.15, -0.1) is 0 Å². The Morgan fingerprint density at radius 3 is 2.77 bits per heavy atom. The molecule has 30 heavy (non-hydrogen) atoms. The molecule has 0 saturated carbocycles. The van der Waals surface area contributed by atoms with E-state index >= 15 is 0 Å². The normalized spacial score (nSPS) is 15.6. The van der Waals surface area contributed by atoms with Crippen LogP contribution in [0.4, 0.5) is 27.9 Å². The zero-order valence-electron chi connectivity index (χ0n) is 15.9. The van der Waals surface area contributed by atoms with Gasteiger partial charge in [-0.1, -0.05) is 12.1 Å². The molecule has 1 aliphatic heterocycles. The lowest BCUT2D eigenvalue weighted by atomic mass is 10.1.